The van der Waals surface area contributed by atoms with Crippen molar-refractivity contribution in [2.24, 2.45) is 5.73 Å². The van der Waals surface area contributed by atoms with E-state index < -0.39 is 22.9 Å². The number of amides is 3. The van der Waals surface area contributed by atoms with Crippen molar-refractivity contribution in [3.63, 3.8) is 0 Å². The lowest BCUT2D eigenvalue weighted by molar-refractivity contribution is -0.158. The van der Waals surface area contributed by atoms with E-state index in [9.17, 15) is 14.4 Å². The summed E-state index contributed by atoms with van der Waals surface area (Å²) in [5.41, 5.74) is 4.18. The monoisotopic (exact) mass is 253 g/mol. The number of imide groups is 1. The van der Waals surface area contributed by atoms with E-state index >= 15 is 0 Å². The van der Waals surface area contributed by atoms with Crippen LogP contribution >= 0.6 is 0 Å². The molecule has 0 bridgehead atoms. The third-order valence-corrected chi connectivity index (χ3v) is 3.95. The zero-order chi connectivity index (χ0) is 13.6. The SMILES string of the molecule is CC1(C)C(=O)NC(=O)CN1C(=O)C1(N)CCCC1. The van der Waals surface area contributed by atoms with Crippen molar-refractivity contribution in [3.8, 4) is 0 Å². The maximum Gasteiger partial charge on any atom is 0.252 e. The van der Waals surface area contributed by atoms with Gasteiger partial charge in [0.25, 0.3) is 5.91 Å². The quantitative estimate of drug-likeness (QED) is 0.617. The van der Waals surface area contributed by atoms with E-state index in [0.29, 0.717) is 12.8 Å². The van der Waals surface area contributed by atoms with Gasteiger partial charge in [-0.2, -0.15) is 0 Å². The number of hydrogen-bond acceptors (Lipinski definition) is 4. The number of carbonyl (C=O) groups is 3. The van der Waals surface area contributed by atoms with Crippen molar-refractivity contribution in [1.29, 1.82) is 0 Å². The second kappa shape index (κ2) is 4.05. The molecule has 100 valence electrons. The van der Waals surface area contributed by atoms with E-state index in [-0.39, 0.29) is 12.5 Å². The first-order valence-electron chi connectivity index (χ1n) is 6.23. The molecule has 0 unspecified atom stereocenters. The number of nitrogens with one attached hydrogen (secondary N) is 1. The molecule has 0 aromatic rings. The minimum atomic E-state index is -1.03. The van der Waals surface area contributed by atoms with E-state index in [2.05, 4.69) is 5.32 Å². The van der Waals surface area contributed by atoms with Crippen LogP contribution in [0, 0.1) is 0 Å². The average Bonchev–Trinajstić information content (AvgIpc) is 2.71. The van der Waals surface area contributed by atoms with Gasteiger partial charge in [0.15, 0.2) is 0 Å². The summed E-state index contributed by atoms with van der Waals surface area (Å²) in [5, 5.41) is 2.24. The average molecular weight is 253 g/mol. The third kappa shape index (κ3) is 1.90. The molecule has 0 radical (unpaired) electrons. The van der Waals surface area contributed by atoms with Gasteiger partial charge in [-0.25, -0.2) is 0 Å². The Morgan fingerprint density at radius 3 is 2.39 bits per heavy atom. The topological polar surface area (TPSA) is 92.5 Å². The first-order valence-corrected chi connectivity index (χ1v) is 6.23. The molecule has 0 spiro atoms. The Morgan fingerprint density at radius 2 is 1.83 bits per heavy atom. The van der Waals surface area contributed by atoms with Gasteiger partial charge in [-0.15, -0.1) is 0 Å². The smallest absolute Gasteiger partial charge is 0.252 e. The van der Waals surface area contributed by atoms with Gasteiger partial charge in [0, 0.05) is 0 Å². The minimum absolute atomic E-state index is 0.101. The molecule has 6 nitrogen and oxygen atoms in total. The molecule has 3 N–H and O–H groups in total. The van der Waals surface area contributed by atoms with Crippen LogP contribution in [0.4, 0.5) is 0 Å². The predicted octanol–water partition coefficient (Wildman–Crippen LogP) is -0.478. The summed E-state index contributed by atoms with van der Waals surface area (Å²) < 4.78 is 0. The van der Waals surface area contributed by atoms with E-state index in [1.165, 1.54) is 4.90 Å². The van der Waals surface area contributed by atoms with Gasteiger partial charge < -0.3 is 10.6 Å². The van der Waals surface area contributed by atoms with Crippen LogP contribution in [0.1, 0.15) is 39.5 Å². The molecule has 0 atom stereocenters. The first-order chi connectivity index (χ1) is 8.27. The molecule has 2 aliphatic rings. The lowest BCUT2D eigenvalue weighted by Gasteiger charge is -2.43. The van der Waals surface area contributed by atoms with E-state index in [0.717, 1.165) is 12.8 Å². The van der Waals surface area contributed by atoms with Gasteiger partial charge in [-0.05, 0) is 26.7 Å². The van der Waals surface area contributed by atoms with Gasteiger partial charge in [0.05, 0.1) is 5.54 Å². The molecule has 2 fully saturated rings. The van der Waals surface area contributed by atoms with Crippen LogP contribution in [0.25, 0.3) is 0 Å². The van der Waals surface area contributed by atoms with Crippen LogP contribution in [-0.4, -0.2) is 40.2 Å². The van der Waals surface area contributed by atoms with Crippen molar-refractivity contribution < 1.29 is 14.4 Å². The molecule has 1 heterocycles. The van der Waals surface area contributed by atoms with E-state index in [1.807, 2.05) is 0 Å². The number of hydrogen-bond donors (Lipinski definition) is 2. The van der Waals surface area contributed by atoms with E-state index in [4.69, 9.17) is 5.73 Å². The minimum Gasteiger partial charge on any atom is -0.318 e. The Bertz CT molecular complexity index is 411. The van der Waals surface area contributed by atoms with Crippen LogP contribution in [0.15, 0.2) is 0 Å². The zero-order valence-corrected chi connectivity index (χ0v) is 10.8. The van der Waals surface area contributed by atoms with Gasteiger partial charge in [0.2, 0.25) is 11.8 Å². The third-order valence-electron chi connectivity index (χ3n) is 3.95. The Morgan fingerprint density at radius 1 is 1.28 bits per heavy atom. The number of rotatable bonds is 1. The second-order valence-corrected chi connectivity index (χ2v) is 5.69. The first kappa shape index (κ1) is 13.0. The van der Waals surface area contributed by atoms with Crippen LogP contribution in [0.3, 0.4) is 0 Å². The standard InChI is InChI=1S/C12H19N3O3/c1-11(2)9(17)14-8(16)7-15(11)10(18)12(13)5-3-4-6-12/h3-7,13H2,1-2H3,(H,14,16,17). The molecule has 1 saturated carbocycles. The molecule has 1 aliphatic carbocycles. The molecule has 1 saturated heterocycles. The summed E-state index contributed by atoms with van der Waals surface area (Å²) in [6.45, 7) is 3.16. The predicted molar refractivity (Wildman–Crippen MR) is 64.3 cm³/mol. The summed E-state index contributed by atoms with van der Waals surface area (Å²) in [5.74, 6) is -1.18. The van der Waals surface area contributed by atoms with Crippen molar-refractivity contribution in [2.75, 3.05) is 6.54 Å². The van der Waals surface area contributed by atoms with Crippen molar-refractivity contribution in [1.82, 2.24) is 10.2 Å². The van der Waals surface area contributed by atoms with Crippen molar-refractivity contribution in [3.05, 3.63) is 0 Å². The van der Waals surface area contributed by atoms with Gasteiger partial charge in [-0.3, -0.25) is 19.7 Å². The highest BCUT2D eigenvalue weighted by Crippen LogP contribution is 2.32. The molecular weight excluding hydrogens is 234 g/mol. The summed E-state index contributed by atoms with van der Waals surface area (Å²) in [4.78, 5) is 37.0. The van der Waals surface area contributed by atoms with Crippen molar-refractivity contribution in [2.45, 2.75) is 50.6 Å². The normalized spacial score (nSPS) is 26.1. The van der Waals surface area contributed by atoms with Crippen molar-refractivity contribution >= 4 is 17.7 Å². The van der Waals surface area contributed by atoms with E-state index in [1.54, 1.807) is 13.8 Å². The maximum absolute atomic E-state index is 12.5. The summed E-state index contributed by atoms with van der Waals surface area (Å²) in [7, 11) is 0. The number of piperazine rings is 1. The molecule has 2 rings (SSSR count). The Labute approximate surface area is 106 Å². The molecule has 0 aromatic carbocycles. The molecular formula is C12H19N3O3. The molecule has 3 amide bonds. The fourth-order valence-electron chi connectivity index (χ4n) is 2.60. The highest BCUT2D eigenvalue weighted by molar-refractivity contribution is 6.07. The zero-order valence-electron chi connectivity index (χ0n) is 10.8. The fraction of sp³-hybridized carbons (Fsp3) is 0.750. The largest absolute Gasteiger partial charge is 0.318 e. The van der Waals surface area contributed by atoms with Gasteiger partial charge >= 0.3 is 0 Å². The second-order valence-electron chi connectivity index (χ2n) is 5.69. The van der Waals surface area contributed by atoms with Crippen LogP contribution in [-0.2, 0) is 14.4 Å². The Hall–Kier alpha value is -1.43. The number of carbonyl (C=O) groups excluding carboxylic acids is 3. The summed E-state index contributed by atoms with van der Waals surface area (Å²) >= 11 is 0. The number of nitrogens with zero attached hydrogens (tertiary/aromatic N) is 1. The van der Waals surface area contributed by atoms with Gasteiger partial charge in [-0.1, -0.05) is 12.8 Å². The number of nitrogens with two attached hydrogens (primary N) is 1. The van der Waals surface area contributed by atoms with Crippen LogP contribution in [0.5, 0.6) is 0 Å². The molecule has 0 aromatic heterocycles. The van der Waals surface area contributed by atoms with Crippen LogP contribution < -0.4 is 11.1 Å². The lowest BCUT2D eigenvalue weighted by Crippen LogP contribution is -2.69. The summed E-state index contributed by atoms with van der Waals surface area (Å²) in [6, 6.07) is 0. The Balaban J connectivity index is 2.27. The lowest BCUT2D eigenvalue weighted by atomic mass is 9.91. The Kier molecular flexibility index (Phi) is 2.93. The van der Waals surface area contributed by atoms with Gasteiger partial charge in [0.1, 0.15) is 12.1 Å². The maximum atomic E-state index is 12.5. The summed E-state index contributed by atoms with van der Waals surface area (Å²) in [6.07, 6.45) is 3.07. The highest BCUT2D eigenvalue weighted by atomic mass is 16.2. The molecule has 1 aliphatic heterocycles. The molecule has 6 heteroatoms. The van der Waals surface area contributed by atoms with Crippen LogP contribution in [0.2, 0.25) is 0 Å². The molecule has 18 heavy (non-hydrogen) atoms. The highest BCUT2D eigenvalue weighted by Gasteiger charge is 2.49. The fourth-order valence-corrected chi connectivity index (χ4v) is 2.60.